The Kier molecular flexibility index (Phi) is 2.39. The van der Waals surface area contributed by atoms with Gasteiger partial charge in [0.1, 0.15) is 11.5 Å². The third-order valence-electron chi connectivity index (χ3n) is 5.81. The van der Waals surface area contributed by atoms with Gasteiger partial charge in [0.25, 0.3) is 0 Å². The van der Waals surface area contributed by atoms with Crippen molar-refractivity contribution in [2.75, 3.05) is 7.11 Å². The topological polar surface area (TPSA) is 29.5 Å². The summed E-state index contributed by atoms with van der Waals surface area (Å²) in [5.41, 5.74) is 1.40. The van der Waals surface area contributed by atoms with Crippen LogP contribution in [0.15, 0.2) is 18.2 Å². The molecule has 0 aliphatic heterocycles. The molecule has 0 atom stereocenters. The molecule has 0 amide bonds. The lowest BCUT2D eigenvalue weighted by Gasteiger charge is -2.57. The van der Waals surface area contributed by atoms with Crippen LogP contribution < -0.4 is 4.74 Å². The fourth-order valence-electron chi connectivity index (χ4n) is 5.51. The normalized spacial score (nSPS) is 39.5. The molecule has 5 rings (SSSR count). The minimum atomic E-state index is 0.243. The van der Waals surface area contributed by atoms with Gasteiger partial charge in [0.15, 0.2) is 0 Å². The molecule has 0 heterocycles. The summed E-state index contributed by atoms with van der Waals surface area (Å²) in [7, 11) is 1.70. The predicted octanol–water partition coefficient (Wildman–Crippen LogP) is 3.87. The molecule has 0 saturated heterocycles. The molecule has 19 heavy (non-hydrogen) atoms. The number of aromatic hydroxyl groups is 1. The number of methoxy groups -OCH3 is 1. The molecule has 4 saturated carbocycles. The van der Waals surface area contributed by atoms with Crippen LogP contribution in [0.25, 0.3) is 0 Å². The molecule has 102 valence electrons. The van der Waals surface area contributed by atoms with Crippen LogP contribution in [0.3, 0.4) is 0 Å². The Labute approximate surface area is 114 Å². The molecular weight excluding hydrogens is 236 g/mol. The molecule has 2 heteroatoms. The fourth-order valence-corrected chi connectivity index (χ4v) is 5.51. The maximum absolute atomic E-state index is 10.3. The van der Waals surface area contributed by atoms with Crippen molar-refractivity contribution in [1.29, 1.82) is 0 Å². The SMILES string of the molecule is COc1ccc(O)c(C23CC4CC(CC(C4)C2)C3)c1. The van der Waals surface area contributed by atoms with Gasteiger partial charge in [-0.2, -0.15) is 0 Å². The van der Waals surface area contributed by atoms with E-state index < -0.39 is 0 Å². The summed E-state index contributed by atoms with van der Waals surface area (Å²) >= 11 is 0. The minimum Gasteiger partial charge on any atom is -0.508 e. The van der Waals surface area contributed by atoms with Crippen molar-refractivity contribution in [3.05, 3.63) is 23.8 Å². The molecule has 0 unspecified atom stereocenters. The van der Waals surface area contributed by atoms with E-state index in [4.69, 9.17) is 4.74 Å². The fraction of sp³-hybridized carbons (Fsp3) is 0.647. The molecule has 4 aliphatic rings. The van der Waals surface area contributed by atoms with Gasteiger partial charge in [-0.15, -0.1) is 0 Å². The minimum absolute atomic E-state index is 0.243. The second-order valence-electron chi connectivity index (χ2n) is 7.08. The Morgan fingerprint density at radius 3 is 2.16 bits per heavy atom. The summed E-state index contributed by atoms with van der Waals surface area (Å²) in [5, 5.41) is 10.3. The summed E-state index contributed by atoms with van der Waals surface area (Å²) < 4.78 is 5.36. The Morgan fingerprint density at radius 2 is 1.63 bits per heavy atom. The zero-order valence-electron chi connectivity index (χ0n) is 11.6. The largest absolute Gasteiger partial charge is 0.508 e. The van der Waals surface area contributed by atoms with E-state index in [1.807, 2.05) is 12.1 Å². The zero-order chi connectivity index (χ0) is 13.0. The van der Waals surface area contributed by atoms with E-state index >= 15 is 0 Å². The number of hydrogen-bond donors (Lipinski definition) is 1. The van der Waals surface area contributed by atoms with E-state index in [1.54, 1.807) is 7.11 Å². The molecule has 1 N–H and O–H groups in total. The van der Waals surface area contributed by atoms with E-state index in [0.29, 0.717) is 5.75 Å². The van der Waals surface area contributed by atoms with Crippen molar-refractivity contribution in [3.8, 4) is 11.5 Å². The Morgan fingerprint density at radius 1 is 1.05 bits per heavy atom. The van der Waals surface area contributed by atoms with Crippen molar-refractivity contribution in [2.24, 2.45) is 17.8 Å². The molecule has 1 aromatic carbocycles. The maximum Gasteiger partial charge on any atom is 0.119 e. The van der Waals surface area contributed by atoms with E-state index in [-0.39, 0.29) is 5.41 Å². The van der Waals surface area contributed by atoms with Gasteiger partial charge in [0.2, 0.25) is 0 Å². The number of rotatable bonds is 2. The highest BCUT2D eigenvalue weighted by atomic mass is 16.5. The average Bonchev–Trinajstić information content (AvgIpc) is 2.37. The summed E-state index contributed by atoms with van der Waals surface area (Å²) in [6, 6.07) is 5.76. The van der Waals surface area contributed by atoms with Crippen molar-refractivity contribution in [1.82, 2.24) is 0 Å². The lowest BCUT2D eigenvalue weighted by Crippen LogP contribution is -2.48. The monoisotopic (exact) mass is 258 g/mol. The number of phenols is 1. The molecule has 0 aromatic heterocycles. The predicted molar refractivity (Wildman–Crippen MR) is 74.5 cm³/mol. The summed E-state index contributed by atoms with van der Waals surface area (Å²) in [4.78, 5) is 0. The second kappa shape index (κ2) is 3.91. The van der Waals surface area contributed by atoms with Crippen molar-refractivity contribution in [3.63, 3.8) is 0 Å². The smallest absolute Gasteiger partial charge is 0.119 e. The third kappa shape index (κ3) is 1.69. The van der Waals surface area contributed by atoms with Crippen LogP contribution in [-0.4, -0.2) is 12.2 Å². The van der Waals surface area contributed by atoms with E-state index in [1.165, 1.54) is 38.5 Å². The lowest BCUT2D eigenvalue weighted by atomic mass is 9.48. The maximum atomic E-state index is 10.3. The molecule has 0 radical (unpaired) electrons. The van der Waals surface area contributed by atoms with Crippen LogP contribution in [0.4, 0.5) is 0 Å². The molecule has 1 aromatic rings. The van der Waals surface area contributed by atoms with E-state index in [0.717, 1.165) is 29.1 Å². The highest BCUT2D eigenvalue weighted by Gasteiger charge is 2.52. The van der Waals surface area contributed by atoms with E-state index in [9.17, 15) is 5.11 Å². The van der Waals surface area contributed by atoms with Crippen molar-refractivity contribution < 1.29 is 9.84 Å². The number of hydrogen-bond acceptors (Lipinski definition) is 2. The highest BCUT2D eigenvalue weighted by Crippen LogP contribution is 2.62. The standard InChI is InChI=1S/C17H22O2/c1-19-14-2-3-16(18)15(7-14)17-8-11-4-12(9-17)6-13(5-11)10-17/h2-3,7,11-13,18H,4-6,8-10H2,1H3. The van der Waals surface area contributed by atoms with Crippen molar-refractivity contribution >= 4 is 0 Å². The van der Waals surface area contributed by atoms with Crippen LogP contribution in [-0.2, 0) is 5.41 Å². The third-order valence-corrected chi connectivity index (χ3v) is 5.81. The number of ether oxygens (including phenoxy) is 1. The molecular formula is C17H22O2. The van der Waals surface area contributed by atoms with Gasteiger partial charge in [-0.05, 0) is 79.9 Å². The van der Waals surface area contributed by atoms with Crippen LogP contribution >= 0.6 is 0 Å². The quantitative estimate of drug-likeness (QED) is 0.872. The van der Waals surface area contributed by atoms with Crippen LogP contribution in [0, 0.1) is 17.8 Å². The van der Waals surface area contributed by atoms with Crippen LogP contribution in [0.5, 0.6) is 11.5 Å². The molecule has 0 spiro atoms. The first-order valence-corrected chi connectivity index (χ1v) is 7.56. The summed E-state index contributed by atoms with van der Waals surface area (Å²) in [5.74, 6) is 4.05. The second-order valence-corrected chi connectivity index (χ2v) is 7.08. The van der Waals surface area contributed by atoms with Gasteiger partial charge in [0.05, 0.1) is 7.11 Å². The summed E-state index contributed by atoms with van der Waals surface area (Å²) in [6.07, 6.45) is 8.14. The Hall–Kier alpha value is -1.18. The first-order valence-electron chi connectivity index (χ1n) is 7.56. The van der Waals surface area contributed by atoms with E-state index in [2.05, 4.69) is 6.07 Å². The first kappa shape index (κ1) is 11.6. The molecule has 4 bridgehead atoms. The first-order chi connectivity index (χ1) is 9.18. The highest BCUT2D eigenvalue weighted by molar-refractivity contribution is 5.45. The Balaban J connectivity index is 1.79. The molecule has 2 nitrogen and oxygen atoms in total. The van der Waals surface area contributed by atoms with Gasteiger partial charge in [0, 0.05) is 5.56 Å². The number of benzene rings is 1. The summed E-state index contributed by atoms with van der Waals surface area (Å²) in [6.45, 7) is 0. The zero-order valence-corrected chi connectivity index (χ0v) is 11.6. The Bertz CT molecular complexity index is 471. The van der Waals surface area contributed by atoms with Crippen LogP contribution in [0.2, 0.25) is 0 Å². The van der Waals surface area contributed by atoms with Gasteiger partial charge in [-0.3, -0.25) is 0 Å². The number of phenolic OH excluding ortho intramolecular Hbond substituents is 1. The van der Waals surface area contributed by atoms with Crippen molar-refractivity contribution in [2.45, 2.75) is 43.9 Å². The van der Waals surface area contributed by atoms with Gasteiger partial charge >= 0.3 is 0 Å². The van der Waals surface area contributed by atoms with Gasteiger partial charge in [-0.1, -0.05) is 0 Å². The molecule has 4 aliphatic carbocycles. The van der Waals surface area contributed by atoms with Gasteiger partial charge < -0.3 is 9.84 Å². The van der Waals surface area contributed by atoms with Gasteiger partial charge in [-0.25, -0.2) is 0 Å². The lowest BCUT2D eigenvalue weighted by molar-refractivity contribution is -0.00621. The van der Waals surface area contributed by atoms with Crippen LogP contribution in [0.1, 0.15) is 44.1 Å². The average molecular weight is 258 g/mol. The molecule has 4 fully saturated rings.